The number of allylic oxidation sites excluding steroid dienone is 1. The van der Waals surface area contributed by atoms with E-state index < -0.39 is 0 Å². The van der Waals surface area contributed by atoms with E-state index in [-0.39, 0.29) is 5.37 Å². The van der Waals surface area contributed by atoms with Crippen LogP contribution in [0.5, 0.6) is 0 Å². The van der Waals surface area contributed by atoms with Crippen molar-refractivity contribution in [2.45, 2.75) is 17.5 Å². The Morgan fingerprint density at radius 1 is 1.47 bits per heavy atom. The maximum absolute atomic E-state index is 4.17. The molecule has 5 nitrogen and oxygen atoms in total. The molecule has 0 radical (unpaired) electrons. The fourth-order valence-corrected chi connectivity index (χ4v) is 2.62. The zero-order chi connectivity index (χ0) is 11.7. The zero-order valence-corrected chi connectivity index (χ0v) is 10.1. The van der Waals surface area contributed by atoms with Crippen LogP contribution in [0.15, 0.2) is 41.8 Å². The highest BCUT2D eigenvalue weighted by Crippen LogP contribution is 2.31. The predicted molar refractivity (Wildman–Crippen MR) is 67.1 cm³/mol. The fourth-order valence-electron chi connectivity index (χ4n) is 1.67. The largest absolute Gasteiger partial charge is 0.305 e. The quantitative estimate of drug-likeness (QED) is 0.819. The first-order valence-electron chi connectivity index (χ1n) is 5.30. The van der Waals surface area contributed by atoms with E-state index in [1.165, 1.54) is 0 Å². The summed E-state index contributed by atoms with van der Waals surface area (Å²) in [5.41, 5.74) is 4.28. The molecule has 0 aromatic carbocycles. The van der Waals surface area contributed by atoms with Gasteiger partial charge in [-0.1, -0.05) is 23.9 Å². The molecular weight excluding hydrogens is 234 g/mol. The molecule has 0 saturated carbocycles. The third-order valence-electron chi connectivity index (χ3n) is 2.41. The van der Waals surface area contributed by atoms with Crippen molar-refractivity contribution in [3.05, 3.63) is 36.7 Å². The average molecular weight is 245 g/mol. The van der Waals surface area contributed by atoms with Gasteiger partial charge in [0.2, 0.25) is 5.16 Å². The molecular formula is C11H11N5S. The van der Waals surface area contributed by atoms with E-state index in [4.69, 9.17) is 0 Å². The van der Waals surface area contributed by atoms with Crippen molar-refractivity contribution in [2.75, 3.05) is 5.43 Å². The third-order valence-corrected chi connectivity index (χ3v) is 3.40. The molecule has 0 amide bonds. The minimum atomic E-state index is 0.223. The van der Waals surface area contributed by atoms with E-state index in [2.05, 4.69) is 26.7 Å². The molecule has 2 aromatic rings. The molecule has 0 spiro atoms. The van der Waals surface area contributed by atoms with Crippen LogP contribution >= 0.6 is 11.8 Å². The highest BCUT2D eigenvalue weighted by Gasteiger charge is 2.24. The average Bonchev–Trinajstić information content (AvgIpc) is 2.90. The van der Waals surface area contributed by atoms with Gasteiger partial charge in [0.1, 0.15) is 5.37 Å². The lowest BCUT2D eigenvalue weighted by atomic mass is 10.3. The Bertz CT molecular complexity index is 548. The summed E-state index contributed by atoms with van der Waals surface area (Å²) >= 11 is 1.65. The summed E-state index contributed by atoms with van der Waals surface area (Å²) in [6, 6.07) is 3.86. The summed E-state index contributed by atoms with van der Waals surface area (Å²) in [5, 5.41) is 9.43. The lowest BCUT2D eigenvalue weighted by Gasteiger charge is -2.07. The molecule has 0 unspecified atom stereocenters. The third kappa shape index (κ3) is 1.80. The zero-order valence-electron chi connectivity index (χ0n) is 9.24. The number of fused-ring (bicyclic) bond motifs is 1. The van der Waals surface area contributed by atoms with Crippen molar-refractivity contribution in [3.8, 4) is 11.4 Å². The lowest BCUT2D eigenvalue weighted by molar-refractivity contribution is 0.811. The number of pyridine rings is 1. The molecule has 0 bridgehead atoms. The predicted octanol–water partition coefficient (Wildman–Crippen LogP) is 1.89. The SMILES string of the molecule is CC=C[C@@H]1Nn2c(nnc2-c2cccnc2)S1. The standard InChI is InChI=1S/C11H11N5S/c1-2-4-9-15-16-10(13-14-11(16)17-9)8-5-3-6-12-7-8/h2-7,9,15H,1H3/t9-/m1/s1. The Balaban J connectivity index is 1.96. The Morgan fingerprint density at radius 2 is 2.41 bits per heavy atom. The van der Waals surface area contributed by atoms with E-state index in [9.17, 15) is 0 Å². The maximum atomic E-state index is 4.17. The molecule has 1 atom stereocenters. The molecule has 0 fully saturated rings. The van der Waals surface area contributed by atoms with Gasteiger partial charge in [0.05, 0.1) is 0 Å². The van der Waals surface area contributed by atoms with Crippen LogP contribution in [-0.2, 0) is 0 Å². The molecule has 1 aliphatic rings. The van der Waals surface area contributed by atoms with Crippen molar-refractivity contribution in [3.63, 3.8) is 0 Å². The molecule has 17 heavy (non-hydrogen) atoms. The van der Waals surface area contributed by atoms with E-state index >= 15 is 0 Å². The summed E-state index contributed by atoms with van der Waals surface area (Å²) in [4.78, 5) is 4.09. The molecule has 3 rings (SSSR count). The summed E-state index contributed by atoms with van der Waals surface area (Å²) < 4.78 is 1.91. The van der Waals surface area contributed by atoms with Crippen LogP contribution in [0.25, 0.3) is 11.4 Å². The Morgan fingerprint density at radius 3 is 3.18 bits per heavy atom. The van der Waals surface area contributed by atoms with Crippen molar-refractivity contribution >= 4 is 11.8 Å². The molecule has 3 heterocycles. The second-order valence-corrected chi connectivity index (χ2v) is 4.69. The number of rotatable bonds is 2. The number of nitrogens with zero attached hydrogens (tertiary/aromatic N) is 4. The van der Waals surface area contributed by atoms with Gasteiger partial charge in [-0.05, 0) is 19.1 Å². The summed E-state index contributed by atoms with van der Waals surface area (Å²) in [7, 11) is 0. The minimum Gasteiger partial charge on any atom is -0.305 e. The van der Waals surface area contributed by atoms with Gasteiger partial charge in [-0.25, -0.2) is 4.68 Å². The smallest absolute Gasteiger partial charge is 0.212 e. The molecule has 0 aliphatic carbocycles. The van der Waals surface area contributed by atoms with Gasteiger partial charge < -0.3 is 5.43 Å². The molecule has 86 valence electrons. The highest BCUT2D eigenvalue weighted by molar-refractivity contribution is 8.00. The Kier molecular flexibility index (Phi) is 2.56. The van der Waals surface area contributed by atoms with Gasteiger partial charge in [-0.2, -0.15) is 0 Å². The highest BCUT2D eigenvalue weighted by atomic mass is 32.2. The Hall–Kier alpha value is -1.82. The lowest BCUT2D eigenvalue weighted by Crippen LogP contribution is -2.17. The van der Waals surface area contributed by atoms with Crippen LogP contribution in [0.1, 0.15) is 6.92 Å². The van der Waals surface area contributed by atoms with Gasteiger partial charge in [-0.15, -0.1) is 10.2 Å². The first-order valence-corrected chi connectivity index (χ1v) is 6.18. The van der Waals surface area contributed by atoms with Gasteiger partial charge in [0.25, 0.3) is 0 Å². The number of thioether (sulfide) groups is 1. The maximum Gasteiger partial charge on any atom is 0.212 e. The van der Waals surface area contributed by atoms with Crippen molar-refractivity contribution in [1.82, 2.24) is 19.9 Å². The summed E-state index contributed by atoms with van der Waals surface area (Å²) in [5.74, 6) is 0.799. The topological polar surface area (TPSA) is 55.6 Å². The van der Waals surface area contributed by atoms with E-state index in [1.54, 1.807) is 24.2 Å². The first kappa shape index (κ1) is 10.3. The van der Waals surface area contributed by atoms with Gasteiger partial charge >= 0.3 is 0 Å². The number of aromatic nitrogens is 4. The van der Waals surface area contributed by atoms with Crippen LogP contribution in [0.3, 0.4) is 0 Å². The summed E-state index contributed by atoms with van der Waals surface area (Å²) in [6.45, 7) is 2.00. The monoisotopic (exact) mass is 245 g/mol. The van der Waals surface area contributed by atoms with Gasteiger partial charge in [-0.3, -0.25) is 4.98 Å². The fraction of sp³-hybridized carbons (Fsp3) is 0.182. The molecule has 1 aliphatic heterocycles. The molecule has 1 N–H and O–H groups in total. The van der Waals surface area contributed by atoms with Crippen LogP contribution in [-0.4, -0.2) is 25.2 Å². The second kappa shape index (κ2) is 4.21. The summed E-state index contributed by atoms with van der Waals surface area (Å²) in [6.07, 6.45) is 7.64. The number of hydrogen-bond donors (Lipinski definition) is 1. The van der Waals surface area contributed by atoms with Crippen LogP contribution < -0.4 is 5.43 Å². The first-order chi connectivity index (χ1) is 8.38. The van der Waals surface area contributed by atoms with Crippen LogP contribution in [0.2, 0.25) is 0 Å². The number of hydrogen-bond acceptors (Lipinski definition) is 5. The molecule has 6 heteroatoms. The van der Waals surface area contributed by atoms with Crippen molar-refractivity contribution < 1.29 is 0 Å². The Labute approximate surface area is 103 Å². The van der Waals surface area contributed by atoms with Crippen LogP contribution in [0.4, 0.5) is 0 Å². The minimum absolute atomic E-state index is 0.223. The normalized spacial score (nSPS) is 18.3. The van der Waals surface area contributed by atoms with Gasteiger partial charge in [0, 0.05) is 18.0 Å². The van der Waals surface area contributed by atoms with E-state index in [1.807, 2.05) is 29.8 Å². The van der Waals surface area contributed by atoms with Gasteiger partial charge in [0.15, 0.2) is 5.82 Å². The number of nitrogens with one attached hydrogen (secondary N) is 1. The van der Waals surface area contributed by atoms with Crippen molar-refractivity contribution in [2.24, 2.45) is 0 Å². The van der Waals surface area contributed by atoms with E-state index in [0.29, 0.717) is 0 Å². The second-order valence-electron chi connectivity index (χ2n) is 3.58. The molecule has 0 saturated heterocycles. The molecule has 2 aromatic heterocycles. The van der Waals surface area contributed by atoms with Crippen LogP contribution in [0, 0.1) is 0 Å². The van der Waals surface area contributed by atoms with E-state index in [0.717, 1.165) is 16.5 Å². The van der Waals surface area contributed by atoms with Crippen molar-refractivity contribution in [1.29, 1.82) is 0 Å².